The predicted molar refractivity (Wildman–Crippen MR) is 39.5 cm³/mol. The van der Waals surface area contributed by atoms with Crippen molar-refractivity contribution in [1.29, 1.82) is 0 Å². The van der Waals surface area contributed by atoms with Crippen LogP contribution in [-0.4, -0.2) is 11.9 Å². The summed E-state index contributed by atoms with van der Waals surface area (Å²) >= 11 is 0. The van der Waals surface area contributed by atoms with E-state index in [0.29, 0.717) is 0 Å². The molecule has 0 amide bonds. The Morgan fingerprint density at radius 3 is 2.44 bits per heavy atom. The molecule has 1 nitrogen and oxygen atoms in total. The first-order valence-corrected chi connectivity index (χ1v) is 2.90. The summed E-state index contributed by atoms with van der Waals surface area (Å²) in [6, 6.07) is 0. The van der Waals surface area contributed by atoms with Crippen molar-refractivity contribution in [3.8, 4) is 0 Å². The first kappa shape index (κ1) is 6.14. The van der Waals surface area contributed by atoms with Crippen molar-refractivity contribution in [2.75, 3.05) is 7.05 Å². The molecule has 0 spiro atoms. The molecule has 1 radical (unpaired) electrons. The van der Waals surface area contributed by atoms with Crippen molar-refractivity contribution >= 4 is 0 Å². The average molecular weight is 120 g/mol. The van der Waals surface area contributed by atoms with Crippen molar-refractivity contribution in [1.82, 2.24) is 4.90 Å². The van der Waals surface area contributed by atoms with Crippen LogP contribution in [0.25, 0.3) is 0 Å². The Morgan fingerprint density at radius 1 is 1.44 bits per heavy atom. The monoisotopic (exact) mass is 120 g/mol. The van der Waals surface area contributed by atoms with E-state index in [-0.39, 0.29) is 0 Å². The fourth-order valence-corrected chi connectivity index (χ4v) is 0.649. The van der Waals surface area contributed by atoms with Crippen molar-refractivity contribution in [3.63, 3.8) is 0 Å². The number of allylic oxidation sites excluding steroid dienone is 3. The third kappa shape index (κ3) is 1.46. The second-order valence-corrected chi connectivity index (χ2v) is 2.00. The van der Waals surface area contributed by atoms with E-state index in [1.54, 1.807) is 0 Å². The second-order valence-electron chi connectivity index (χ2n) is 2.00. The number of nitrogens with zero attached hydrogens (tertiary/aromatic N) is 1. The standard InChI is InChI=1S/C8H10N/c1-3-8-4-6-9(2)7-5-8/h3-7H,1H2,2H3. The highest BCUT2D eigenvalue weighted by molar-refractivity contribution is 5.33. The smallest absolute Gasteiger partial charge is 0.0435 e. The minimum atomic E-state index is 1.16. The van der Waals surface area contributed by atoms with Gasteiger partial charge in [-0.15, -0.1) is 6.58 Å². The van der Waals surface area contributed by atoms with Gasteiger partial charge in [0.15, 0.2) is 0 Å². The molecule has 0 aromatic heterocycles. The van der Waals surface area contributed by atoms with E-state index in [1.165, 1.54) is 0 Å². The third-order valence-electron chi connectivity index (χ3n) is 1.24. The van der Waals surface area contributed by atoms with Crippen LogP contribution in [0.15, 0.2) is 37.2 Å². The van der Waals surface area contributed by atoms with Gasteiger partial charge in [0, 0.05) is 25.4 Å². The SMILES string of the molecule is C=C[C]1C=CN(C)C=C1. The Morgan fingerprint density at radius 2 is 2.00 bits per heavy atom. The molecule has 1 heteroatoms. The van der Waals surface area contributed by atoms with Crippen LogP contribution >= 0.6 is 0 Å². The van der Waals surface area contributed by atoms with Crippen LogP contribution in [0.2, 0.25) is 0 Å². The maximum Gasteiger partial charge on any atom is 0.0435 e. The Balaban J connectivity index is 2.58. The highest BCUT2D eigenvalue weighted by Gasteiger charge is 1.98. The van der Waals surface area contributed by atoms with Crippen LogP contribution in [0.1, 0.15) is 0 Å². The Labute approximate surface area is 56.0 Å². The normalized spacial score (nSPS) is 18.6. The van der Waals surface area contributed by atoms with E-state index in [0.717, 1.165) is 5.92 Å². The summed E-state index contributed by atoms with van der Waals surface area (Å²) < 4.78 is 0. The number of hydrogen-bond acceptors (Lipinski definition) is 1. The molecule has 0 aliphatic carbocycles. The maximum absolute atomic E-state index is 3.65. The van der Waals surface area contributed by atoms with Gasteiger partial charge in [-0.25, -0.2) is 0 Å². The van der Waals surface area contributed by atoms with E-state index >= 15 is 0 Å². The van der Waals surface area contributed by atoms with Gasteiger partial charge < -0.3 is 4.90 Å². The highest BCUT2D eigenvalue weighted by atomic mass is 15.0. The predicted octanol–water partition coefficient (Wildman–Crippen LogP) is 1.72. The van der Waals surface area contributed by atoms with Gasteiger partial charge in [-0.1, -0.05) is 18.2 Å². The zero-order valence-corrected chi connectivity index (χ0v) is 5.54. The molecule has 0 aromatic carbocycles. The van der Waals surface area contributed by atoms with E-state index in [2.05, 4.69) is 6.58 Å². The molecule has 0 saturated carbocycles. The molecule has 0 saturated heterocycles. The lowest BCUT2D eigenvalue weighted by atomic mass is 10.1. The Bertz CT molecular complexity index is 142. The summed E-state index contributed by atoms with van der Waals surface area (Å²) in [5.74, 6) is 1.16. The minimum Gasteiger partial charge on any atom is -0.358 e. The van der Waals surface area contributed by atoms with Gasteiger partial charge in [0.05, 0.1) is 0 Å². The van der Waals surface area contributed by atoms with E-state index in [1.807, 2.05) is 42.6 Å². The lowest BCUT2D eigenvalue weighted by Crippen LogP contribution is -2.05. The van der Waals surface area contributed by atoms with E-state index < -0.39 is 0 Å². The molecule has 0 atom stereocenters. The fourth-order valence-electron chi connectivity index (χ4n) is 0.649. The summed E-state index contributed by atoms with van der Waals surface area (Å²) in [7, 11) is 1.99. The highest BCUT2D eigenvalue weighted by Crippen LogP contribution is 2.10. The lowest BCUT2D eigenvalue weighted by Gasteiger charge is -2.13. The minimum absolute atomic E-state index is 1.16. The van der Waals surface area contributed by atoms with E-state index in [9.17, 15) is 0 Å². The molecule has 0 fully saturated rings. The molecular weight excluding hydrogens is 110 g/mol. The first-order valence-electron chi connectivity index (χ1n) is 2.90. The van der Waals surface area contributed by atoms with Gasteiger partial charge in [0.2, 0.25) is 0 Å². The largest absolute Gasteiger partial charge is 0.358 e. The molecule has 1 aliphatic heterocycles. The summed E-state index contributed by atoms with van der Waals surface area (Å²) in [6.07, 6.45) is 9.87. The van der Waals surface area contributed by atoms with Crippen LogP contribution < -0.4 is 0 Å². The third-order valence-corrected chi connectivity index (χ3v) is 1.24. The number of rotatable bonds is 1. The molecule has 0 bridgehead atoms. The summed E-state index contributed by atoms with van der Waals surface area (Å²) in [6.45, 7) is 3.65. The van der Waals surface area contributed by atoms with Crippen LogP contribution in [-0.2, 0) is 0 Å². The molecular formula is C8H10N. The zero-order chi connectivity index (χ0) is 6.69. The van der Waals surface area contributed by atoms with Gasteiger partial charge in [-0.3, -0.25) is 0 Å². The van der Waals surface area contributed by atoms with Gasteiger partial charge in [-0.05, 0) is 0 Å². The average Bonchev–Trinajstić information content (AvgIpc) is 1.90. The second kappa shape index (κ2) is 2.53. The molecule has 1 rings (SSSR count). The topological polar surface area (TPSA) is 3.24 Å². The van der Waals surface area contributed by atoms with Crippen molar-refractivity contribution in [2.45, 2.75) is 0 Å². The molecule has 47 valence electrons. The summed E-state index contributed by atoms with van der Waals surface area (Å²) in [5.41, 5.74) is 0. The van der Waals surface area contributed by atoms with Crippen molar-refractivity contribution < 1.29 is 0 Å². The van der Waals surface area contributed by atoms with Crippen LogP contribution in [0.3, 0.4) is 0 Å². The summed E-state index contributed by atoms with van der Waals surface area (Å²) in [5, 5.41) is 0. The molecule has 0 aromatic rings. The van der Waals surface area contributed by atoms with Gasteiger partial charge in [0.1, 0.15) is 0 Å². The number of hydrogen-bond donors (Lipinski definition) is 0. The van der Waals surface area contributed by atoms with Gasteiger partial charge >= 0.3 is 0 Å². The van der Waals surface area contributed by atoms with Gasteiger partial charge in [-0.2, -0.15) is 0 Å². The Kier molecular flexibility index (Phi) is 1.73. The fraction of sp³-hybridized carbons (Fsp3) is 0.125. The molecule has 1 heterocycles. The molecule has 0 N–H and O–H groups in total. The van der Waals surface area contributed by atoms with Crippen molar-refractivity contribution in [3.05, 3.63) is 43.1 Å². The molecule has 9 heavy (non-hydrogen) atoms. The van der Waals surface area contributed by atoms with Crippen LogP contribution in [0, 0.1) is 5.92 Å². The quantitative estimate of drug-likeness (QED) is 0.509. The Hall–Kier alpha value is -0.980. The first-order chi connectivity index (χ1) is 4.33. The molecule has 0 unspecified atom stereocenters. The van der Waals surface area contributed by atoms with Crippen LogP contribution in [0.4, 0.5) is 0 Å². The summed E-state index contributed by atoms with van der Waals surface area (Å²) in [4.78, 5) is 1.99. The zero-order valence-electron chi connectivity index (χ0n) is 5.54. The van der Waals surface area contributed by atoms with Gasteiger partial charge in [0.25, 0.3) is 0 Å². The molecule has 1 aliphatic rings. The van der Waals surface area contributed by atoms with Crippen LogP contribution in [0.5, 0.6) is 0 Å². The van der Waals surface area contributed by atoms with E-state index in [4.69, 9.17) is 0 Å². The maximum atomic E-state index is 3.65. The van der Waals surface area contributed by atoms with Crippen molar-refractivity contribution in [2.24, 2.45) is 0 Å². The lowest BCUT2D eigenvalue weighted by molar-refractivity contribution is 0.617.